The average molecular weight is 274 g/mol. The molecule has 1 aliphatic heterocycles. The van der Waals surface area contributed by atoms with Gasteiger partial charge in [-0.2, -0.15) is 0 Å². The SMILES string of the molecule is C=CCNC(=O)C1CCCN1C(=O)c1ccccc1O. The summed E-state index contributed by atoms with van der Waals surface area (Å²) in [7, 11) is 0. The first-order chi connectivity index (χ1) is 9.65. The van der Waals surface area contributed by atoms with Crippen LogP contribution in [-0.2, 0) is 4.79 Å². The summed E-state index contributed by atoms with van der Waals surface area (Å²) in [6.45, 7) is 4.45. The molecule has 1 fully saturated rings. The number of nitrogens with one attached hydrogen (secondary N) is 1. The number of amides is 2. The molecule has 0 saturated carbocycles. The number of aromatic hydroxyl groups is 1. The van der Waals surface area contributed by atoms with Crippen molar-refractivity contribution in [3.05, 3.63) is 42.5 Å². The highest BCUT2D eigenvalue weighted by molar-refractivity contribution is 5.99. The Morgan fingerprint density at radius 3 is 2.90 bits per heavy atom. The number of carbonyl (C=O) groups excluding carboxylic acids is 2. The van der Waals surface area contributed by atoms with E-state index in [1.807, 2.05) is 0 Å². The molecule has 1 aliphatic rings. The normalized spacial score (nSPS) is 17.8. The maximum atomic E-state index is 12.4. The predicted octanol–water partition coefficient (Wildman–Crippen LogP) is 1.30. The van der Waals surface area contributed by atoms with Gasteiger partial charge in [0.15, 0.2) is 0 Å². The van der Waals surface area contributed by atoms with Gasteiger partial charge in [-0.05, 0) is 25.0 Å². The summed E-state index contributed by atoms with van der Waals surface area (Å²) in [5, 5.41) is 12.5. The standard InChI is InChI=1S/C15H18N2O3/c1-2-9-16-14(19)12-7-5-10-17(12)15(20)11-6-3-4-8-13(11)18/h2-4,6,8,12,18H,1,5,7,9-10H2,(H,16,19). The zero-order chi connectivity index (χ0) is 14.5. The number of benzene rings is 1. The van der Waals surface area contributed by atoms with Gasteiger partial charge in [0.1, 0.15) is 11.8 Å². The summed E-state index contributed by atoms with van der Waals surface area (Å²) in [4.78, 5) is 26.0. The molecule has 1 atom stereocenters. The topological polar surface area (TPSA) is 69.6 Å². The van der Waals surface area contributed by atoms with Crippen LogP contribution in [0.15, 0.2) is 36.9 Å². The van der Waals surface area contributed by atoms with Crippen molar-refractivity contribution < 1.29 is 14.7 Å². The molecule has 1 aromatic rings. The van der Waals surface area contributed by atoms with E-state index >= 15 is 0 Å². The van der Waals surface area contributed by atoms with Crippen molar-refractivity contribution in [3.8, 4) is 5.75 Å². The number of hydrogen-bond acceptors (Lipinski definition) is 3. The van der Waals surface area contributed by atoms with Crippen LogP contribution in [0.4, 0.5) is 0 Å². The van der Waals surface area contributed by atoms with Gasteiger partial charge >= 0.3 is 0 Å². The molecular weight excluding hydrogens is 256 g/mol. The quantitative estimate of drug-likeness (QED) is 0.813. The van der Waals surface area contributed by atoms with E-state index in [0.717, 1.165) is 6.42 Å². The van der Waals surface area contributed by atoms with Gasteiger partial charge in [0.05, 0.1) is 5.56 Å². The maximum Gasteiger partial charge on any atom is 0.258 e. The predicted molar refractivity (Wildman–Crippen MR) is 75.4 cm³/mol. The van der Waals surface area contributed by atoms with Crippen LogP contribution >= 0.6 is 0 Å². The Morgan fingerprint density at radius 1 is 1.45 bits per heavy atom. The molecule has 1 unspecified atom stereocenters. The lowest BCUT2D eigenvalue weighted by Crippen LogP contribution is -2.46. The first-order valence-electron chi connectivity index (χ1n) is 6.62. The molecule has 2 rings (SSSR count). The van der Waals surface area contributed by atoms with Crippen LogP contribution < -0.4 is 5.32 Å². The van der Waals surface area contributed by atoms with Gasteiger partial charge in [-0.1, -0.05) is 18.2 Å². The zero-order valence-electron chi connectivity index (χ0n) is 11.2. The number of rotatable bonds is 4. The smallest absolute Gasteiger partial charge is 0.258 e. The number of hydrogen-bond donors (Lipinski definition) is 2. The summed E-state index contributed by atoms with van der Waals surface area (Å²) in [6.07, 6.45) is 3.02. The Balaban J connectivity index is 2.14. The average Bonchev–Trinajstić information content (AvgIpc) is 2.94. The van der Waals surface area contributed by atoms with Crippen molar-refractivity contribution in [2.75, 3.05) is 13.1 Å². The van der Waals surface area contributed by atoms with Crippen LogP contribution in [0, 0.1) is 0 Å². The third kappa shape index (κ3) is 2.82. The molecule has 1 aromatic carbocycles. The summed E-state index contributed by atoms with van der Waals surface area (Å²) in [5.74, 6) is -0.542. The van der Waals surface area contributed by atoms with Crippen LogP contribution in [-0.4, -0.2) is 41.0 Å². The molecule has 5 heteroatoms. The molecule has 0 bridgehead atoms. The second-order valence-corrected chi connectivity index (χ2v) is 4.71. The van der Waals surface area contributed by atoms with E-state index in [-0.39, 0.29) is 23.1 Å². The number of likely N-dealkylation sites (tertiary alicyclic amines) is 1. The van der Waals surface area contributed by atoms with Crippen LogP contribution in [0.25, 0.3) is 0 Å². The van der Waals surface area contributed by atoms with Gasteiger partial charge in [0.25, 0.3) is 5.91 Å². The molecular formula is C15H18N2O3. The van der Waals surface area contributed by atoms with Gasteiger partial charge in [-0.25, -0.2) is 0 Å². The summed E-state index contributed by atoms with van der Waals surface area (Å²) < 4.78 is 0. The van der Waals surface area contributed by atoms with Crippen molar-refractivity contribution in [1.82, 2.24) is 10.2 Å². The summed E-state index contributed by atoms with van der Waals surface area (Å²) in [5.41, 5.74) is 0.232. The summed E-state index contributed by atoms with van der Waals surface area (Å²) in [6, 6.07) is 5.91. The largest absolute Gasteiger partial charge is 0.507 e. The molecule has 0 aromatic heterocycles. The second-order valence-electron chi connectivity index (χ2n) is 4.71. The Bertz CT molecular complexity index is 528. The lowest BCUT2D eigenvalue weighted by Gasteiger charge is -2.24. The highest BCUT2D eigenvalue weighted by Gasteiger charge is 2.34. The van der Waals surface area contributed by atoms with E-state index in [1.54, 1.807) is 24.3 Å². The van der Waals surface area contributed by atoms with E-state index in [4.69, 9.17) is 0 Å². The molecule has 106 valence electrons. The maximum absolute atomic E-state index is 12.4. The van der Waals surface area contributed by atoms with E-state index < -0.39 is 6.04 Å². The number of phenolic OH excluding ortho intramolecular Hbond substituents is 1. The van der Waals surface area contributed by atoms with Gasteiger partial charge < -0.3 is 15.3 Å². The lowest BCUT2D eigenvalue weighted by molar-refractivity contribution is -0.124. The van der Waals surface area contributed by atoms with Gasteiger partial charge in [-0.3, -0.25) is 9.59 Å². The van der Waals surface area contributed by atoms with Crippen LogP contribution in [0.3, 0.4) is 0 Å². The fourth-order valence-corrected chi connectivity index (χ4v) is 2.38. The number of nitrogens with zero attached hydrogens (tertiary/aromatic N) is 1. The molecule has 5 nitrogen and oxygen atoms in total. The monoisotopic (exact) mass is 274 g/mol. The minimum absolute atomic E-state index is 0.0605. The van der Waals surface area contributed by atoms with Crippen molar-refractivity contribution in [1.29, 1.82) is 0 Å². The van der Waals surface area contributed by atoms with Gasteiger partial charge in [0.2, 0.25) is 5.91 Å². The van der Waals surface area contributed by atoms with E-state index in [9.17, 15) is 14.7 Å². The molecule has 0 aliphatic carbocycles. The lowest BCUT2D eigenvalue weighted by atomic mass is 10.1. The minimum atomic E-state index is -0.470. The van der Waals surface area contributed by atoms with Gasteiger partial charge in [-0.15, -0.1) is 6.58 Å². The highest BCUT2D eigenvalue weighted by atomic mass is 16.3. The zero-order valence-corrected chi connectivity index (χ0v) is 11.2. The molecule has 0 spiro atoms. The van der Waals surface area contributed by atoms with E-state index in [0.29, 0.717) is 19.5 Å². The van der Waals surface area contributed by atoms with Crippen LogP contribution in [0.5, 0.6) is 5.75 Å². The van der Waals surface area contributed by atoms with Crippen molar-refractivity contribution in [2.24, 2.45) is 0 Å². The minimum Gasteiger partial charge on any atom is -0.507 e. The van der Waals surface area contributed by atoms with Crippen molar-refractivity contribution in [2.45, 2.75) is 18.9 Å². The fourth-order valence-electron chi connectivity index (χ4n) is 2.38. The van der Waals surface area contributed by atoms with Crippen molar-refractivity contribution >= 4 is 11.8 Å². The molecule has 1 heterocycles. The Labute approximate surface area is 117 Å². The summed E-state index contributed by atoms with van der Waals surface area (Å²) >= 11 is 0. The number of para-hydroxylation sites is 1. The highest BCUT2D eigenvalue weighted by Crippen LogP contribution is 2.24. The Hall–Kier alpha value is -2.30. The van der Waals surface area contributed by atoms with Crippen LogP contribution in [0.2, 0.25) is 0 Å². The fraction of sp³-hybridized carbons (Fsp3) is 0.333. The number of phenols is 1. The molecule has 1 saturated heterocycles. The molecule has 2 N–H and O–H groups in total. The van der Waals surface area contributed by atoms with Crippen LogP contribution in [0.1, 0.15) is 23.2 Å². The molecule has 0 radical (unpaired) electrons. The third-order valence-corrected chi connectivity index (χ3v) is 3.37. The van der Waals surface area contributed by atoms with E-state index in [1.165, 1.54) is 11.0 Å². The Kier molecular flexibility index (Phi) is 4.40. The second kappa shape index (κ2) is 6.23. The van der Waals surface area contributed by atoms with Gasteiger partial charge in [0, 0.05) is 13.1 Å². The molecule has 2 amide bonds. The third-order valence-electron chi connectivity index (χ3n) is 3.37. The Morgan fingerprint density at radius 2 is 2.20 bits per heavy atom. The molecule has 20 heavy (non-hydrogen) atoms. The van der Waals surface area contributed by atoms with E-state index in [2.05, 4.69) is 11.9 Å². The van der Waals surface area contributed by atoms with Crippen molar-refractivity contribution in [3.63, 3.8) is 0 Å². The first-order valence-corrected chi connectivity index (χ1v) is 6.62. The number of carbonyl (C=O) groups is 2. The first kappa shape index (κ1) is 14.1.